The maximum absolute atomic E-state index is 13.0. The zero-order valence-electron chi connectivity index (χ0n) is 20.1. The number of benzene rings is 4. The molecule has 4 aromatic rings. The number of aryl methyl sites for hydroxylation is 2. The minimum Gasteiger partial charge on any atom is -0.355 e. The molecule has 0 radical (unpaired) electrons. The lowest BCUT2D eigenvalue weighted by Crippen LogP contribution is -2.30. The standard InChI is InChI=1S/C30H21N3O4/c1-17-11-13-19(15-25(17)32-27(34)21-7-3-4-8-22(21)28(32)35)31-20-14-12-18(2)26(16-20)33-29(36)23-9-5-6-10-24(23)30(33)37/h3-16,31H,1-2H3. The van der Waals surface area contributed by atoms with E-state index >= 15 is 0 Å². The lowest BCUT2D eigenvalue weighted by molar-refractivity contribution is 0.0910. The number of amides is 4. The Morgan fingerprint density at radius 2 is 0.811 bits per heavy atom. The molecule has 0 unspecified atom stereocenters. The average molecular weight is 488 g/mol. The number of fused-ring (bicyclic) bond motifs is 2. The lowest BCUT2D eigenvalue weighted by atomic mass is 10.1. The SMILES string of the molecule is Cc1ccc(Nc2ccc(C)c(N3C(=O)c4ccccc4C3=O)c2)cc1N1C(=O)c2ccccc2C1=O. The van der Waals surface area contributed by atoms with E-state index in [0.717, 1.165) is 11.1 Å². The number of carbonyl (C=O) groups excluding carboxylic acids is 4. The Morgan fingerprint density at radius 1 is 0.486 bits per heavy atom. The first kappa shape index (κ1) is 22.4. The van der Waals surface area contributed by atoms with Crippen molar-refractivity contribution in [2.24, 2.45) is 0 Å². The molecule has 0 fully saturated rings. The van der Waals surface area contributed by atoms with Crippen molar-refractivity contribution in [3.63, 3.8) is 0 Å². The number of nitrogens with one attached hydrogen (secondary N) is 1. The van der Waals surface area contributed by atoms with Crippen LogP contribution in [0.25, 0.3) is 0 Å². The van der Waals surface area contributed by atoms with E-state index in [9.17, 15) is 19.2 Å². The lowest BCUT2D eigenvalue weighted by Gasteiger charge is -2.20. The molecule has 180 valence electrons. The van der Waals surface area contributed by atoms with Gasteiger partial charge in [0.25, 0.3) is 23.6 Å². The van der Waals surface area contributed by atoms with Crippen molar-refractivity contribution in [3.05, 3.63) is 118 Å². The topological polar surface area (TPSA) is 86.8 Å². The second kappa shape index (κ2) is 8.27. The number of hydrogen-bond acceptors (Lipinski definition) is 5. The minimum absolute atomic E-state index is 0.357. The quantitative estimate of drug-likeness (QED) is 0.376. The van der Waals surface area contributed by atoms with Crippen LogP contribution in [0.4, 0.5) is 22.7 Å². The number of hydrogen-bond donors (Lipinski definition) is 1. The molecule has 6 rings (SSSR count). The van der Waals surface area contributed by atoms with E-state index in [-0.39, 0.29) is 23.6 Å². The summed E-state index contributed by atoms with van der Waals surface area (Å²) in [6.07, 6.45) is 0. The summed E-state index contributed by atoms with van der Waals surface area (Å²) in [7, 11) is 0. The minimum atomic E-state index is -0.357. The van der Waals surface area contributed by atoms with E-state index in [1.807, 2.05) is 38.1 Å². The fraction of sp³-hybridized carbons (Fsp3) is 0.0667. The molecule has 0 bridgehead atoms. The molecular weight excluding hydrogens is 466 g/mol. The van der Waals surface area contributed by atoms with Crippen LogP contribution < -0.4 is 15.1 Å². The van der Waals surface area contributed by atoms with Gasteiger partial charge in [-0.1, -0.05) is 36.4 Å². The summed E-state index contributed by atoms with van der Waals surface area (Å²) >= 11 is 0. The van der Waals surface area contributed by atoms with E-state index < -0.39 is 0 Å². The first-order valence-electron chi connectivity index (χ1n) is 11.8. The summed E-state index contributed by atoms with van der Waals surface area (Å²) in [4.78, 5) is 54.5. The Hall–Kier alpha value is -5.04. The highest BCUT2D eigenvalue weighted by Gasteiger charge is 2.38. The molecule has 7 heteroatoms. The first-order chi connectivity index (χ1) is 17.8. The van der Waals surface area contributed by atoms with Gasteiger partial charge < -0.3 is 5.32 Å². The Bertz CT molecular complexity index is 1480. The molecule has 0 atom stereocenters. The highest BCUT2D eigenvalue weighted by Crippen LogP contribution is 2.35. The molecule has 0 aromatic heterocycles. The predicted molar refractivity (Wildman–Crippen MR) is 141 cm³/mol. The zero-order chi connectivity index (χ0) is 25.8. The van der Waals surface area contributed by atoms with Gasteiger partial charge in [0.05, 0.1) is 33.6 Å². The van der Waals surface area contributed by atoms with Gasteiger partial charge >= 0.3 is 0 Å². The Balaban J connectivity index is 1.33. The van der Waals surface area contributed by atoms with Crippen molar-refractivity contribution in [1.29, 1.82) is 0 Å². The Kier molecular flexibility index (Phi) is 5.01. The van der Waals surface area contributed by atoms with Gasteiger partial charge in [-0.2, -0.15) is 0 Å². The van der Waals surface area contributed by atoms with Crippen molar-refractivity contribution in [2.45, 2.75) is 13.8 Å². The van der Waals surface area contributed by atoms with Crippen LogP contribution in [-0.4, -0.2) is 23.6 Å². The van der Waals surface area contributed by atoms with Crippen molar-refractivity contribution < 1.29 is 19.2 Å². The largest absolute Gasteiger partial charge is 0.355 e. The average Bonchev–Trinajstić information content (AvgIpc) is 3.31. The van der Waals surface area contributed by atoms with Crippen molar-refractivity contribution in [1.82, 2.24) is 0 Å². The number of imide groups is 2. The molecule has 2 aliphatic rings. The fourth-order valence-electron chi connectivity index (χ4n) is 4.84. The van der Waals surface area contributed by atoms with E-state index in [0.29, 0.717) is 45.0 Å². The van der Waals surface area contributed by atoms with E-state index in [2.05, 4.69) is 5.32 Å². The molecule has 7 nitrogen and oxygen atoms in total. The molecular formula is C30H21N3O4. The second-order valence-corrected chi connectivity index (χ2v) is 9.11. The van der Waals surface area contributed by atoms with Gasteiger partial charge in [-0.25, -0.2) is 9.80 Å². The van der Waals surface area contributed by atoms with Crippen LogP contribution in [0.15, 0.2) is 84.9 Å². The van der Waals surface area contributed by atoms with E-state index in [1.165, 1.54) is 9.80 Å². The molecule has 1 N–H and O–H groups in total. The molecule has 4 amide bonds. The van der Waals surface area contributed by atoms with Gasteiger partial charge in [-0.05, 0) is 73.5 Å². The maximum Gasteiger partial charge on any atom is 0.266 e. The molecule has 0 saturated heterocycles. The Morgan fingerprint density at radius 3 is 1.14 bits per heavy atom. The number of nitrogens with zero attached hydrogens (tertiary/aromatic N) is 2. The van der Waals surface area contributed by atoms with Gasteiger partial charge in [0.1, 0.15) is 0 Å². The van der Waals surface area contributed by atoms with E-state index in [1.54, 1.807) is 60.7 Å². The molecule has 0 aliphatic carbocycles. The first-order valence-corrected chi connectivity index (χ1v) is 11.8. The van der Waals surface area contributed by atoms with Crippen LogP contribution in [-0.2, 0) is 0 Å². The summed E-state index contributed by atoms with van der Waals surface area (Å²) in [6.45, 7) is 3.68. The van der Waals surface area contributed by atoms with Crippen molar-refractivity contribution in [3.8, 4) is 0 Å². The number of rotatable bonds is 4. The maximum atomic E-state index is 13.0. The van der Waals surface area contributed by atoms with Gasteiger partial charge in [0.15, 0.2) is 0 Å². The highest BCUT2D eigenvalue weighted by molar-refractivity contribution is 6.35. The summed E-state index contributed by atoms with van der Waals surface area (Å²) in [6, 6.07) is 24.4. The third-order valence-electron chi connectivity index (χ3n) is 6.78. The number of carbonyl (C=O) groups is 4. The normalized spacial score (nSPS) is 14.3. The highest BCUT2D eigenvalue weighted by atomic mass is 16.2. The number of anilines is 4. The summed E-state index contributed by atoms with van der Waals surface area (Å²) < 4.78 is 0. The molecule has 0 spiro atoms. The summed E-state index contributed by atoms with van der Waals surface area (Å²) in [5, 5.41) is 3.29. The van der Waals surface area contributed by atoms with Crippen LogP contribution in [0.5, 0.6) is 0 Å². The molecule has 2 heterocycles. The summed E-state index contributed by atoms with van der Waals surface area (Å²) in [5.74, 6) is -1.43. The van der Waals surface area contributed by atoms with Crippen molar-refractivity contribution in [2.75, 3.05) is 15.1 Å². The molecule has 2 aliphatic heterocycles. The monoisotopic (exact) mass is 487 g/mol. The van der Waals surface area contributed by atoms with Gasteiger partial charge in [0, 0.05) is 11.4 Å². The van der Waals surface area contributed by atoms with Gasteiger partial charge in [-0.15, -0.1) is 0 Å². The summed E-state index contributed by atoms with van der Waals surface area (Å²) in [5.41, 5.74) is 5.36. The fourth-order valence-corrected chi connectivity index (χ4v) is 4.84. The van der Waals surface area contributed by atoms with Crippen LogP contribution in [0.3, 0.4) is 0 Å². The van der Waals surface area contributed by atoms with Crippen molar-refractivity contribution >= 4 is 46.4 Å². The second-order valence-electron chi connectivity index (χ2n) is 9.11. The Labute approximate surface area is 212 Å². The molecule has 4 aromatic carbocycles. The van der Waals surface area contributed by atoms with Crippen LogP contribution in [0.1, 0.15) is 52.6 Å². The predicted octanol–water partition coefficient (Wildman–Crippen LogP) is 5.65. The van der Waals surface area contributed by atoms with E-state index in [4.69, 9.17) is 0 Å². The smallest absolute Gasteiger partial charge is 0.266 e. The van der Waals surface area contributed by atoms with Crippen LogP contribution in [0, 0.1) is 13.8 Å². The van der Waals surface area contributed by atoms with Gasteiger partial charge in [0.2, 0.25) is 0 Å². The van der Waals surface area contributed by atoms with Gasteiger partial charge in [-0.3, -0.25) is 19.2 Å². The third-order valence-corrected chi connectivity index (χ3v) is 6.78. The zero-order valence-corrected chi connectivity index (χ0v) is 20.1. The van der Waals surface area contributed by atoms with Crippen LogP contribution in [0.2, 0.25) is 0 Å². The molecule has 0 saturated carbocycles. The third kappa shape index (κ3) is 3.43. The van der Waals surface area contributed by atoms with Crippen LogP contribution >= 0.6 is 0 Å². The molecule has 37 heavy (non-hydrogen) atoms.